The zero-order valence-corrected chi connectivity index (χ0v) is 9.94. The van der Waals surface area contributed by atoms with E-state index in [-0.39, 0.29) is 11.9 Å². The van der Waals surface area contributed by atoms with Crippen LogP contribution in [0.15, 0.2) is 12.4 Å². The summed E-state index contributed by atoms with van der Waals surface area (Å²) in [7, 11) is 1.90. The molecule has 5 heteroatoms. The molecule has 0 aromatic carbocycles. The second-order valence-electron chi connectivity index (χ2n) is 3.98. The van der Waals surface area contributed by atoms with Gasteiger partial charge in [-0.05, 0) is 6.42 Å². The summed E-state index contributed by atoms with van der Waals surface area (Å²) < 4.78 is 1.88. The van der Waals surface area contributed by atoms with Crippen molar-refractivity contribution in [3.8, 4) is 0 Å². The first-order chi connectivity index (χ1) is 7.63. The highest BCUT2D eigenvalue weighted by atomic mass is 16.1. The van der Waals surface area contributed by atoms with Crippen LogP contribution in [-0.2, 0) is 18.4 Å². The van der Waals surface area contributed by atoms with Gasteiger partial charge in [0.25, 0.3) is 0 Å². The van der Waals surface area contributed by atoms with Gasteiger partial charge in [-0.2, -0.15) is 0 Å². The molecule has 0 spiro atoms. The van der Waals surface area contributed by atoms with E-state index in [1.807, 2.05) is 17.8 Å². The molecule has 0 bridgehead atoms. The van der Waals surface area contributed by atoms with Gasteiger partial charge in [0, 0.05) is 31.9 Å². The predicted octanol–water partition coefficient (Wildman–Crippen LogP) is 0.554. The van der Waals surface area contributed by atoms with Crippen LogP contribution in [0, 0.1) is 0 Å². The second-order valence-corrected chi connectivity index (χ2v) is 3.98. The van der Waals surface area contributed by atoms with Crippen LogP contribution in [0.3, 0.4) is 0 Å². The summed E-state index contributed by atoms with van der Waals surface area (Å²) in [5.74, 6) is 0.835. The van der Waals surface area contributed by atoms with E-state index >= 15 is 0 Å². The maximum Gasteiger partial charge on any atom is 0.221 e. The summed E-state index contributed by atoms with van der Waals surface area (Å²) in [5.41, 5.74) is 5.78. The first-order valence-corrected chi connectivity index (χ1v) is 5.62. The molecule has 90 valence electrons. The second kappa shape index (κ2) is 6.27. The van der Waals surface area contributed by atoms with Gasteiger partial charge in [0.05, 0.1) is 6.54 Å². The third kappa shape index (κ3) is 4.02. The van der Waals surface area contributed by atoms with Crippen molar-refractivity contribution < 1.29 is 4.79 Å². The fourth-order valence-electron chi connectivity index (χ4n) is 1.53. The molecule has 5 nitrogen and oxygen atoms in total. The lowest BCUT2D eigenvalue weighted by atomic mass is 10.1. The Bertz CT molecular complexity index is 334. The minimum Gasteiger partial charge on any atom is -0.349 e. The number of nitrogens with two attached hydrogens (primary N) is 1. The molecule has 0 aliphatic heterocycles. The van der Waals surface area contributed by atoms with Crippen molar-refractivity contribution in [1.82, 2.24) is 14.9 Å². The number of nitrogens with one attached hydrogen (secondary N) is 1. The summed E-state index contributed by atoms with van der Waals surface area (Å²) in [6.45, 7) is 2.52. The fraction of sp³-hybridized carbons (Fsp3) is 0.636. The van der Waals surface area contributed by atoms with E-state index in [9.17, 15) is 4.79 Å². The maximum atomic E-state index is 11.5. The Hall–Kier alpha value is -1.36. The van der Waals surface area contributed by atoms with Crippen LogP contribution in [0.1, 0.15) is 32.0 Å². The van der Waals surface area contributed by atoms with Gasteiger partial charge < -0.3 is 15.6 Å². The molecule has 0 fully saturated rings. The number of carbonyl (C=O) groups is 1. The van der Waals surface area contributed by atoms with Gasteiger partial charge in [0.15, 0.2) is 0 Å². The smallest absolute Gasteiger partial charge is 0.221 e. The van der Waals surface area contributed by atoms with E-state index < -0.39 is 0 Å². The molecule has 1 atom stereocenters. The number of amides is 1. The summed E-state index contributed by atoms with van der Waals surface area (Å²) in [6.07, 6.45) is 5.84. The van der Waals surface area contributed by atoms with Crippen molar-refractivity contribution in [3.05, 3.63) is 18.2 Å². The number of hydrogen-bond acceptors (Lipinski definition) is 3. The van der Waals surface area contributed by atoms with Crippen LogP contribution in [0.4, 0.5) is 0 Å². The van der Waals surface area contributed by atoms with E-state index in [2.05, 4.69) is 17.2 Å². The number of carbonyl (C=O) groups excluding carboxylic acids is 1. The number of hydrogen-bond donors (Lipinski definition) is 2. The topological polar surface area (TPSA) is 72.9 Å². The highest BCUT2D eigenvalue weighted by molar-refractivity contribution is 5.76. The zero-order chi connectivity index (χ0) is 12.0. The van der Waals surface area contributed by atoms with E-state index in [1.54, 1.807) is 6.20 Å². The fourth-order valence-corrected chi connectivity index (χ4v) is 1.53. The largest absolute Gasteiger partial charge is 0.349 e. The molecule has 1 heterocycles. The van der Waals surface area contributed by atoms with Gasteiger partial charge in [-0.15, -0.1) is 0 Å². The Labute approximate surface area is 96.0 Å². The van der Waals surface area contributed by atoms with Gasteiger partial charge in [-0.3, -0.25) is 4.79 Å². The Balaban J connectivity index is 2.28. The lowest BCUT2D eigenvalue weighted by molar-refractivity contribution is -0.121. The van der Waals surface area contributed by atoms with Crippen LogP contribution in [0.25, 0.3) is 0 Å². The normalized spacial score (nSPS) is 12.4. The van der Waals surface area contributed by atoms with E-state index in [0.717, 1.165) is 18.7 Å². The molecule has 1 amide bonds. The monoisotopic (exact) mass is 224 g/mol. The van der Waals surface area contributed by atoms with Gasteiger partial charge in [-0.1, -0.05) is 13.3 Å². The molecule has 0 saturated carbocycles. The minimum atomic E-state index is -0.0358. The SMILES string of the molecule is CCCC(N)CC(=O)NCc1nccn1C. The Morgan fingerprint density at radius 3 is 3.00 bits per heavy atom. The summed E-state index contributed by atoms with van der Waals surface area (Å²) >= 11 is 0. The number of rotatable bonds is 6. The van der Waals surface area contributed by atoms with E-state index in [4.69, 9.17) is 5.73 Å². The molecular weight excluding hydrogens is 204 g/mol. The molecule has 1 aromatic heterocycles. The summed E-state index contributed by atoms with van der Waals surface area (Å²) in [6, 6.07) is -0.0358. The maximum absolute atomic E-state index is 11.5. The van der Waals surface area contributed by atoms with Crippen molar-refractivity contribution in [2.75, 3.05) is 0 Å². The molecule has 1 rings (SSSR count). The predicted molar refractivity (Wildman–Crippen MR) is 62.6 cm³/mol. The highest BCUT2D eigenvalue weighted by Crippen LogP contribution is 1.99. The number of imidazole rings is 1. The zero-order valence-electron chi connectivity index (χ0n) is 9.94. The summed E-state index contributed by atoms with van der Waals surface area (Å²) in [5, 5.41) is 2.81. The van der Waals surface area contributed by atoms with Crippen molar-refractivity contribution in [1.29, 1.82) is 0 Å². The third-order valence-corrected chi connectivity index (χ3v) is 2.47. The van der Waals surface area contributed by atoms with Crippen molar-refractivity contribution >= 4 is 5.91 Å². The van der Waals surface area contributed by atoms with Crippen LogP contribution in [0.2, 0.25) is 0 Å². The van der Waals surface area contributed by atoms with Gasteiger partial charge in [0.2, 0.25) is 5.91 Å². The molecule has 1 unspecified atom stereocenters. The molecule has 0 saturated heterocycles. The van der Waals surface area contributed by atoms with Crippen LogP contribution < -0.4 is 11.1 Å². The number of aryl methyl sites for hydroxylation is 1. The number of nitrogens with zero attached hydrogens (tertiary/aromatic N) is 2. The molecular formula is C11H20N4O. The van der Waals surface area contributed by atoms with E-state index in [1.165, 1.54) is 0 Å². The first-order valence-electron chi connectivity index (χ1n) is 5.62. The molecule has 3 N–H and O–H groups in total. The molecule has 0 radical (unpaired) electrons. The van der Waals surface area contributed by atoms with Gasteiger partial charge in [-0.25, -0.2) is 4.98 Å². The average Bonchev–Trinajstić information content (AvgIpc) is 2.61. The molecule has 0 aliphatic rings. The van der Waals surface area contributed by atoms with Gasteiger partial charge in [0.1, 0.15) is 5.82 Å². The van der Waals surface area contributed by atoms with Crippen LogP contribution in [0.5, 0.6) is 0 Å². The van der Waals surface area contributed by atoms with Crippen LogP contribution in [-0.4, -0.2) is 21.5 Å². The average molecular weight is 224 g/mol. The standard InChI is InChI=1S/C11H20N4O/c1-3-4-9(12)7-11(16)14-8-10-13-5-6-15(10)2/h5-6,9H,3-4,7-8,12H2,1-2H3,(H,14,16). The van der Waals surface area contributed by atoms with Crippen molar-refractivity contribution in [2.45, 2.75) is 38.8 Å². The molecule has 16 heavy (non-hydrogen) atoms. The van der Waals surface area contributed by atoms with Crippen molar-refractivity contribution in [3.63, 3.8) is 0 Å². The molecule has 1 aromatic rings. The summed E-state index contributed by atoms with van der Waals surface area (Å²) in [4.78, 5) is 15.6. The quantitative estimate of drug-likeness (QED) is 0.741. The third-order valence-electron chi connectivity index (χ3n) is 2.47. The van der Waals surface area contributed by atoms with Crippen molar-refractivity contribution in [2.24, 2.45) is 12.8 Å². The van der Waals surface area contributed by atoms with Gasteiger partial charge >= 0.3 is 0 Å². The Morgan fingerprint density at radius 1 is 1.69 bits per heavy atom. The lowest BCUT2D eigenvalue weighted by Gasteiger charge is -2.10. The highest BCUT2D eigenvalue weighted by Gasteiger charge is 2.09. The first kappa shape index (κ1) is 12.7. The molecule has 0 aliphatic carbocycles. The Kier molecular flexibility index (Phi) is 4.98. The Morgan fingerprint density at radius 2 is 2.44 bits per heavy atom. The number of aromatic nitrogens is 2. The van der Waals surface area contributed by atoms with E-state index in [0.29, 0.717) is 13.0 Å². The van der Waals surface area contributed by atoms with Crippen LogP contribution >= 0.6 is 0 Å². The minimum absolute atomic E-state index is 0.0102. The lowest BCUT2D eigenvalue weighted by Crippen LogP contribution is -2.31.